The lowest BCUT2D eigenvalue weighted by molar-refractivity contribution is -0.0154. The first-order valence-electron chi connectivity index (χ1n) is 8.68. The number of urea groups is 1. The van der Waals surface area contributed by atoms with Crippen LogP contribution in [0.25, 0.3) is 0 Å². The molecule has 3 rings (SSSR count). The number of rotatable bonds is 5. The Bertz CT molecular complexity index is 699. The van der Waals surface area contributed by atoms with Crippen LogP contribution in [0.1, 0.15) is 35.9 Å². The summed E-state index contributed by atoms with van der Waals surface area (Å²) in [5.41, 5.74) is 2.40. The lowest BCUT2D eigenvalue weighted by Crippen LogP contribution is -2.47. The van der Waals surface area contributed by atoms with E-state index in [0.29, 0.717) is 44.4 Å². The first kappa shape index (κ1) is 17.4. The quantitative estimate of drug-likeness (QED) is 0.900. The second-order valence-corrected chi connectivity index (χ2v) is 6.12. The van der Waals surface area contributed by atoms with Crippen LogP contribution in [0, 0.1) is 6.92 Å². The number of nitrogens with one attached hydrogen (secondary N) is 1. The molecule has 1 aromatic carbocycles. The normalized spacial score (nSPS) is 17.5. The minimum Gasteiger partial charge on any atom is -0.370 e. The maximum Gasteiger partial charge on any atom is 0.317 e. The third-order valence-electron chi connectivity index (χ3n) is 4.30. The summed E-state index contributed by atoms with van der Waals surface area (Å²) >= 11 is 0. The number of ether oxygens (including phenoxy) is 1. The average molecular weight is 344 g/mol. The van der Waals surface area contributed by atoms with Crippen molar-refractivity contribution in [1.29, 1.82) is 0 Å². The summed E-state index contributed by atoms with van der Waals surface area (Å²) in [5, 5.41) is 6.64. The molecule has 2 aromatic rings. The van der Waals surface area contributed by atoms with Gasteiger partial charge in [-0.15, -0.1) is 0 Å². The predicted octanol–water partition coefficient (Wildman–Crippen LogP) is 2.27. The molecule has 1 aliphatic rings. The van der Waals surface area contributed by atoms with Crippen molar-refractivity contribution >= 4 is 6.03 Å². The highest BCUT2D eigenvalue weighted by molar-refractivity contribution is 5.74. The second kappa shape index (κ2) is 8.11. The van der Waals surface area contributed by atoms with Crippen LogP contribution in [0.2, 0.25) is 0 Å². The van der Waals surface area contributed by atoms with Crippen LogP contribution in [-0.4, -0.2) is 47.3 Å². The van der Waals surface area contributed by atoms with E-state index in [-0.39, 0.29) is 12.1 Å². The van der Waals surface area contributed by atoms with Crippen LogP contribution in [0.5, 0.6) is 0 Å². The fraction of sp³-hybridized carbons (Fsp3) is 0.500. The molecule has 7 heteroatoms. The number of morpholine rings is 1. The Hall–Kier alpha value is -2.41. The van der Waals surface area contributed by atoms with E-state index in [4.69, 9.17) is 9.26 Å². The standard InChI is InChI=1S/C18H24N4O3/c1-3-14-4-6-15(7-5-14)16-12-22(10-11-24-16)18(23)19-9-8-17-20-13(2)21-25-17/h4-7,16H,3,8-12H2,1-2H3,(H,19,23)/t16-/m0/s1. The van der Waals surface area contributed by atoms with Crippen molar-refractivity contribution in [2.75, 3.05) is 26.2 Å². The zero-order valence-corrected chi connectivity index (χ0v) is 14.7. The van der Waals surface area contributed by atoms with Crippen molar-refractivity contribution in [3.05, 3.63) is 47.1 Å². The summed E-state index contributed by atoms with van der Waals surface area (Å²) in [6.07, 6.45) is 1.46. The van der Waals surface area contributed by atoms with Gasteiger partial charge in [0.05, 0.1) is 13.2 Å². The van der Waals surface area contributed by atoms with Gasteiger partial charge in [-0.2, -0.15) is 4.98 Å². The number of aryl methyl sites for hydroxylation is 2. The fourth-order valence-corrected chi connectivity index (χ4v) is 2.83. The van der Waals surface area contributed by atoms with Crippen molar-refractivity contribution in [1.82, 2.24) is 20.4 Å². The second-order valence-electron chi connectivity index (χ2n) is 6.12. The van der Waals surface area contributed by atoms with E-state index in [1.165, 1.54) is 5.56 Å². The van der Waals surface area contributed by atoms with E-state index < -0.39 is 0 Å². The molecule has 1 aliphatic heterocycles. The fourth-order valence-electron chi connectivity index (χ4n) is 2.83. The minimum absolute atomic E-state index is 0.0796. The molecule has 0 aliphatic carbocycles. The highest BCUT2D eigenvalue weighted by atomic mass is 16.5. The Labute approximate surface area is 147 Å². The van der Waals surface area contributed by atoms with E-state index in [9.17, 15) is 4.79 Å². The first-order chi connectivity index (χ1) is 12.2. The summed E-state index contributed by atoms with van der Waals surface area (Å²) in [4.78, 5) is 18.3. The third kappa shape index (κ3) is 4.57. The van der Waals surface area contributed by atoms with E-state index >= 15 is 0 Å². The summed E-state index contributed by atoms with van der Waals surface area (Å²) < 4.78 is 10.9. The molecule has 0 radical (unpaired) electrons. The smallest absolute Gasteiger partial charge is 0.317 e. The number of nitrogens with zero attached hydrogens (tertiary/aromatic N) is 3. The van der Waals surface area contributed by atoms with Crippen LogP contribution in [0.3, 0.4) is 0 Å². The largest absolute Gasteiger partial charge is 0.370 e. The molecule has 1 atom stereocenters. The lowest BCUT2D eigenvalue weighted by Gasteiger charge is -2.33. The van der Waals surface area contributed by atoms with Gasteiger partial charge in [-0.05, 0) is 24.5 Å². The predicted molar refractivity (Wildman–Crippen MR) is 92.2 cm³/mol. The third-order valence-corrected chi connectivity index (χ3v) is 4.30. The van der Waals surface area contributed by atoms with Gasteiger partial charge in [0.15, 0.2) is 5.82 Å². The molecule has 1 fully saturated rings. The summed E-state index contributed by atoms with van der Waals surface area (Å²) in [7, 11) is 0. The van der Waals surface area contributed by atoms with Gasteiger partial charge in [0.2, 0.25) is 5.89 Å². The van der Waals surface area contributed by atoms with Crippen LogP contribution in [-0.2, 0) is 17.6 Å². The maximum absolute atomic E-state index is 12.4. The average Bonchev–Trinajstić information content (AvgIpc) is 3.07. The molecular weight excluding hydrogens is 320 g/mol. The molecule has 0 spiro atoms. The topological polar surface area (TPSA) is 80.5 Å². The Morgan fingerprint density at radius 1 is 1.36 bits per heavy atom. The Kier molecular flexibility index (Phi) is 5.65. The maximum atomic E-state index is 12.4. The Morgan fingerprint density at radius 3 is 2.84 bits per heavy atom. The molecular formula is C18H24N4O3. The number of aromatic nitrogens is 2. The molecule has 0 bridgehead atoms. The number of hydrogen-bond donors (Lipinski definition) is 1. The molecule has 1 aromatic heterocycles. The van der Waals surface area contributed by atoms with Gasteiger partial charge >= 0.3 is 6.03 Å². The number of benzene rings is 1. The van der Waals surface area contributed by atoms with E-state index in [1.807, 2.05) is 0 Å². The van der Waals surface area contributed by atoms with Crippen molar-refractivity contribution in [2.45, 2.75) is 32.8 Å². The Balaban J connectivity index is 1.50. The van der Waals surface area contributed by atoms with Crippen molar-refractivity contribution in [3.8, 4) is 0 Å². The molecule has 2 heterocycles. The number of carbonyl (C=O) groups excluding carboxylic acids is 1. The molecule has 25 heavy (non-hydrogen) atoms. The van der Waals surface area contributed by atoms with Crippen LogP contribution in [0.15, 0.2) is 28.8 Å². The van der Waals surface area contributed by atoms with E-state index in [1.54, 1.807) is 11.8 Å². The van der Waals surface area contributed by atoms with E-state index in [2.05, 4.69) is 46.6 Å². The molecule has 0 saturated carbocycles. The van der Waals surface area contributed by atoms with Crippen LogP contribution >= 0.6 is 0 Å². The SMILES string of the molecule is CCc1ccc([C@@H]2CN(C(=O)NCCc3nc(C)no3)CCO2)cc1. The van der Waals surface area contributed by atoms with Crippen molar-refractivity contribution in [2.24, 2.45) is 0 Å². The highest BCUT2D eigenvalue weighted by Crippen LogP contribution is 2.22. The highest BCUT2D eigenvalue weighted by Gasteiger charge is 2.25. The monoisotopic (exact) mass is 344 g/mol. The van der Waals surface area contributed by atoms with Gasteiger partial charge in [0, 0.05) is 19.5 Å². The van der Waals surface area contributed by atoms with Gasteiger partial charge in [-0.25, -0.2) is 4.79 Å². The molecule has 1 N–H and O–H groups in total. The number of hydrogen-bond acceptors (Lipinski definition) is 5. The zero-order valence-electron chi connectivity index (χ0n) is 14.7. The van der Waals surface area contributed by atoms with Crippen LogP contribution in [0.4, 0.5) is 4.79 Å². The van der Waals surface area contributed by atoms with Crippen molar-refractivity contribution < 1.29 is 14.1 Å². The molecule has 0 unspecified atom stereocenters. The molecule has 2 amide bonds. The van der Waals surface area contributed by atoms with Gasteiger partial charge in [-0.3, -0.25) is 0 Å². The number of carbonyl (C=O) groups is 1. The summed E-state index contributed by atoms with van der Waals surface area (Å²) in [5.74, 6) is 1.14. The first-order valence-corrected chi connectivity index (χ1v) is 8.68. The minimum atomic E-state index is -0.0882. The van der Waals surface area contributed by atoms with Gasteiger partial charge in [-0.1, -0.05) is 36.3 Å². The molecule has 134 valence electrons. The van der Waals surface area contributed by atoms with Gasteiger partial charge in [0.1, 0.15) is 6.10 Å². The van der Waals surface area contributed by atoms with E-state index in [0.717, 1.165) is 12.0 Å². The zero-order chi connectivity index (χ0) is 17.6. The van der Waals surface area contributed by atoms with Gasteiger partial charge in [0.25, 0.3) is 0 Å². The molecule has 7 nitrogen and oxygen atoms in total. The van der Waals surface area contributed by atoms with Crippen LogP contribution < -0.4 is 5.32 Å². The summed E-state index contributed by atoms with van der Waals surface area (Å²) in [6, 6.07) is 8.31. The summed E-state index contributed by atoms with van der Waals surface area (Å²) in [6.45, 7) is 6.05. The number of amides is 2. The van der Waals surface area contributed by atoms with Gasteiger partial charge < -0.3 is 19.5 Å². The molecule has 1 saturated heterocycles. The lowest BCUT2D eigenvalue weighted by atomic mass is 10.0. The Morgan fingerprint density at radius 2 is 2.16 bits per heavy atom. The van der Waals surface area contributed by atoms with Crippen molar-refractivity contribution in [3.63, 3.8) is 0 Å².